The topological polar surface area (TPSA) is 97.4 Å². The fraction of sp³-hybridized carbons (Fsp3) is 0.480. The molecular formula is C25H33N3O6S. The van der Waals surface area contributed by atoms with Crippen molar-refractivity contribution in [2.75, 3.05) is 58.9 Å². The van der Waals surface area contributed by atoms with Crippen molar-refractivity contribution in [3.05, 3.63) is 47.0 Å². The van der Waals surface area contributed by atoms with Gasteiger partial charge in [0.2, 0.25) is 15.9 Å². The second-order valence-corrected chi connectivity index (χ2v) is 10.8. The van der Waals surface area contributed by atoms with Crippen LogP contribution in [0, 0.1) is 6.92 Å². The number of fused-ring (bicyclic) bond motifs is 1. The molecule has 0 bridgehead atoms. The molecule has 4 rings (SSSR count). The van der Waals surface area contributed by atoms with Gasteiger partial charge in [-0.15, -0.1) is 0 Å². The summed E-state index contributed by atoms with van der Waals surface area (Å²) >= 11 is 0. The van der Waals surface area contributed by atoms with E-state index >= 15 is 0 Å². The maximum atomic E-state index is 13.2. The van der Waals surface area contributed by atoms with E-state index in [9.17, 15) is 13.2 Å². The molecule has 35 heavy (non-hydrogen) atoms. The van der Waals surface area contributed by atoms with E-state index in [0.717, 1.165) is 18.5 Å². The van der Waals surface area contributed by atoms with Crippen LogP contribution in [0.15, 0.2) is 35.2 Å². The number of aryl methyl sites for hydroxylation is 1. The molecule has 10 heteroatoms. The highest BCUT2D eigenvalue weighted by atomic mass is 32.2. The number of methoxy groups -OCH3 is 2. The van der Waals surface area contributed by atoms with Gasteiger partial charge < -0.3 is 19.5 Å². The molecule has 2 aromatic rings. The minimum atomic E-state index is -3.66. The quantitative estimate of drug-likeness (QED) is 0.620. The Balaban J connectivity index is 1.47. The van der Waals surface area contributed by atoms with Gasteiger partial charge in [-0.25, -0.2) is 8.42 Å². The maximum Gasteiger partial charge on any atom is 0.243 e. The van der Waals surface area contributed by atoms with Gasteiger partial charge in [0.05, 0.1) is 38.9 Å². The molecule has 2 aromatic carbocycles. The van der Waals surface area contributed by atoms with Crippen molar-refractivity contribution in [1.29, 1.82) is 0 Å². The summed E-state index contributed by atoms with van der Waals surface area (Å²) < 4.78 is 43.9. The summed E-state index contributed by atoms with van der Waals surface area (Å²) in [6.45, 7) is 6.14. The number of carbonyl (C=O) groups is 1. The predicted molar refractivity (Wildman–Crippen MR) is 133 cm³/mol. The van der Waals surface area contributed by atoms with Gasteiger partial charge >= 0.3 is 0 Å². The Kier molecular flexibility index (Phi) is 7.65. The first-order valence-electron chi connectivity index (χ1n) is 11.7. The van der Waals surface area contributed by atoms with E-state index in [4.69, 9.17) is 14.2 Å². The average Bonchev–Trinajstić information content (AvgIpc) is 2.86. The van der Waals surface area contributed by atoms with E-state index in [1.165, 1.54) is 9.87 Å². The number of ether oxygens (including phenoxy) is 3. The zero-order valence-corrected chi connectivity index (χ0v) is 21.5. The first-order chi connectivity index (χ1) is 16.7. The Hall–Kier alpha value is -2.66. The summed E-state index contributed by atoms with van der Waals surface area (Å²) in [5.74, 6) is 1.17. The van der Waals surface area contributed by atoms with E-state index in [-0.39, 0.29) is 23.4 Å². The van der Waals surface area contributed by atoms with Gasteiger partial charge in [-0.2, -0.15) is 4.31 Å². The van der Waals surface area contributed by atoms with Gasteiger partial charge in [-0.1, -0.05) is 6.07 Å². The smallest absolute Gasteiger partial charge is 0.243 e. The zero-order valence-electron chi connectivity index (χ0n) is 20.7. The summed E-state index contributed by atoms with van der Waals surface area (Å²) in [6.07, 6.45) is 0.791. The Labute approximate surface area is 207 Å². The van der Waals surface area contributed by atoms with Crippen molar-refractivity contribution in [1.82, 2.24) is 9.21 Å². The van der Waals surface area contributed by atoms with Crippen LogP contribution in [0.5, 0.6) is 11.5 Å². The zero-order chi connectivity index (χ0) is 25.2. The first kappa shape index (κ1) is 25.4. The van der Waals surface area contributed by atoms with Crippen LogP contribution in [-0.2, 0) is 26.0 Å². The Morgan fingerprint density at radius 1 is 1.09 bits per heavy atom. The van der Waals surface area contributed by atoms with Crippen LogP contribution >= 0.6 is 0 Å². The second-order valence-electron chi connectivity index (χ2n) is 8.85. The van der Waals surface area contributed by atoms with Gasteiger partial charge in [-0.05, 0) is 61.2 Å². The van der Waals surface area contributed by atoms with Crippen LogP contribution in [0.4, 0.5) is 5.69 Å². The lowest BCUT2D eigenvalue weighted by molar-refractivity contribution is -0.117. The van der Waals surface area contributed by atoms with Crippen LogP contribution < -0.4 is 14.8 Å². The average molecular weight is 504 g/mol. The van der Waals surface area contributed by atoms with Gasteiger partial charge in [0.1, 0.15) is 0 Å². The number of morpholine rings is 1. The van der Waals surface area contributed by atoms with Gasteiger partial charge in [0, 0.05) is 31.4 Å². The number of sulfonamides is 1. The summed E-state index contributed by atoms with van der Waals surface area (Å²) in [7, 11) is -0.433. The molecule has 0 aliphatic carbocycles. The lowest BCUT2D eigenvalue weighted by Gasteiger charge is -2.35. The van der Waals surface area contributed by atoms with Crippen LogP contribution in [-0.4, -0.2) is 77.1 Å². The van der Waals surface area contributed by atoms with Crippen molar-refractivity contribution in [2.24, 2.45) is 0 Å². The minimum Gasteiger partial charge on any atom is -0.493 e. The van der Waals surface area contributed by atoms with E-state index in [2.05, 4.69) is 17.1 Å². The minimum absolute atomic E-state index is 0.0135. The fourth-order valence-corrected chi connectivity index (χ4v) is 6.34. The van der Waals surface area contributed by atoms with Gasteiger partial charge in [-0.3, -0.25) is 9.69 Å². The monoisotopic (exact) mass is 503 g/mol. The number of nitrogens with zero attached hydrogens (tertiary/aromatic N) is 2. The second kappa shape index (κ2) is 10.5. The van der Waals surface area contributed by atoms with E-state index in [0.29, 0.717) is 49.1 Å². The molecular weight excluding hydrogens is 470 g/mol. The lowest BCUT2D eigenvalue weighted by atomic mass is 9.93. The third-order valence-corrected chi connectivity index (χ3v) is 8.76. The summed E-state index contributed by atoms with van der Waals surface area (Å²) in [4.78, 5) is 15.2. The number of nitrogens with one attached hydrogen (secondary N) is 1. The molecule has 0 saturated carbocycles. The number of hydrogen-bond acceptors (Lipinski definition) is 7. The standard InChI is InChI=1S/C25H33N3O6S/c1-17-5-6-20(14-24(17)35(30,31)28-9-11-34-12-10-28)26-25(29)16-27-8-7-19-13-22(32-3)23(33-4)15-21(19)18(27)2/h5-6,13-15,18H,7-12,16H2,1-4H3,(H,26,29)/t18-/m0/s1. The molecule has 0 spiro atoms. The number of anilines is 1. The molecule has 0 aromatic heterocycles. The van der Waals surface area contributed by atoms with Crippen LogP contribution in [0.2, 0.25) is 0 Å². The highest BCUT2D eigenvalue weighted by Crippen LogP contribution is 2.37. The van der Waals surface area contributed by atoms with Crippen molar-refractivity contribution in [3.63, 3.8) is 0 Å². The molecule has 1 N–H and O–H groups in total. The van der Waals surface area contributed by atoms with Crippen molar-refractivity contribution in [2.45, 2.75) is 31.2 Å². The van der Waals surface area contributed by atoms with E-state index < -0.39 is 10.0 Å². The molecule has 1 fully saturated rings. The molecule has 2 aliphatic heterocycles. The van der Waals surface area contributed by atoms with Crippen molar-refractivity contribution in [3.8, 4) is 11.5 Å². The first-order valence-corrected chi connectivity index (χ1v) is 13.2. The van der Waals surface area contributed by atoms with Crippen LogP contribution in [0.3, 0.4) is 0 Å². The highest BCUT2D eigenvalue weighted by Gasteiger charge is 2.29. The molecule has 1 amide bonds. The predicted octanol–water partition coefficient (Wildman–Crippen LogP) is 2.59. The Bertz CT molecular complexity index is 1190. The Morgan fingerprint density at radius 2 is 1.77 bits per heavy atom. The fourth-order valence-electron chi connectivity index (χ4n) is 4.68. The SMILES string of the molecule is COc1cc2c(cc1OC)[C@H](C)N(CC(=O)Nc1ccc(C)c(S(=O)(=O)N3CCOCC3)c1)CC2. The molecule has 1 atom stereocenters. The van der Waals surface area contributed by atoms with Gasteiger partial charge in [0.25, 0.3) is 0 Å². The number of amides is 1. The van der Waals surface area contributed by atoms with Crippen LogP contribution in [0.1, 0.15) is 29.7 Å². The highest BCUT2D eigenvalue weighted by molar-refractivity contribution is 7.89. The molecule has 2 heterocycles. The number of hydrogen-bond donors (Lipinski definition) is 1. The normalized spacial score (nSPS) is 19.1. The number of benzene rings is 2. The molecule has 9 nitrogen and oxygen atoms in total. The van der Waals surface area contributed by atoms with E-state index in [1.54, 1.807) is 39.3 Å². The molecule has 1 saturated heterocycles. The van der Waals surface area contributed by atoms with E-state index in [1.807, 2.05) is 12.1 Å². The van der Waals surface area contributed by atoms with Crippen LogP contribution in [0.25, 0.3) is 0 Å². The third kappa shape index (κ3) is 5.30. The maximum absolute atomic E-state index is 13.2. The van der Waals surface area contributed by atoms with Crippen molar-refractivity contribution >= 4 is 21.6 Å². The summed E-state index contributed by atoms with van der Waals surface area (Å²) in [5.41, 5.74) is 3.39. The molecule has 0 unspecified atom stereocenters. The number of carbonyl (C=O) groups excluding carboxylic acids is 1. The molecule has 0 radical (unpaired) electrons. The largest absolute Gasteiger partial charge is 0.493 e. The lowest BCUT2D eigenvalue weighted by Crippen LogP contribution is -2.41. The van der Waals surface area contributed by atoms with Gasteiger partial charge in [0.15, 0.2) is 11.5 Å². The molecule has 2 aliphatic rings. The Morgan fingerprint density at radius 3 is 2.46 bits per heavy atom. The van der Waals surface area contributed by atoms with Crippen molar-refractivity contribution < 1.29 is 27.4 Å². The summed E-state index contributed by atoms with van der Waals surface area (Å²) in [5, 5.41) is 2.88. The summed E-state index contributed by atoms with van der Waals surface area (Å²) in [6, 6.07) is 9.00. The third-order valence-electron chi connectivity index (χ3n) is 6.72. The molecule has 190 valence electrons. The number of rotatable bonds is 7.